The number of carboxylic acids is 1. The molecule has 2 aromatic heterocycles. The highest BCUT2D eigenvalue weighted by Gasteiger charge is 2.26. The van der Waals surface area contributed by atoms with Crippen LogP contribution in [0.1, 0.15) is 16.3 Å². The Kier molecular flexibility index (Phi) is 4.08. The van der Waals surface area contributed by atoms with Gasteiger partial charge in [-0.3, -0.25) is 4.72 Å². The van der Waals surface area contributed by atoms with E-state index in [-0.39, 0.29) is 26.6 Å². The molecule has 0 aliphatic heterocycles. The van der Waals surface area contributed by atoms with E-state index in [1.807, 2.05) is 0 Å². The van der Waals surface area contributed by atoms with Crippen LogP contribution in [0.3, 0.4) is 0 Å². The van der Waals surface area contributed by atoms with Crippen LogP contribution in [0.2, 0.25) is 10.3 Å². The Morgan fingerprint density at radius 2 is 1.90 bits per heavy atom. The molecule has 0 saturated carbocycles. The van der Waals surface area contributed by atoms with Crippen LogP contribution in [0.25, 0.3) is 0 Å². The molecule has 0 amide bonds. The Balaban J connectivity index is 2.46. The van der Waals surface area contributed by atoms with Gasteiger partial charge in [0.25, 0.3) is 10.0 Å². The zero-order valence-electron chi connectivity index (χ0n) is 10.3. The van der Waals surface area contributed by atoms with Gasteiger partial charge in [-0.05, 0) is 6.92 Å². The van der Waals surface area contributed by atoms with Crippen LogP contribution in [-0.4, -0.2) is 29.5 Å². The first-order valence-corrected chi connectivity index (χ1v) is 7.49. The zero-order valence-corrected chi connectivity index (χ0v) is 12.6. The highest BCUT2D eigenvalue weighted by atomic mass is 35.5. The van der Waals surface area contributed by atoms with Gasteiger partial charge in [-0.15, -0.1) is 0 Å². The minimum absolute atomic E-state index is 0.0935. The van der Waals surface area contributed by atoms with Gasteiger partial charge in [0.05, 0.1) is 0 Å². The standard InChI is InChI=1S/C10H7Cl2N3O5S/c1-4-6(2-5(20-4)10(16)17)21(18,19)15-7-8(11)13-3-14-9(7)12/h2-3,15H,1H3,(H,16,17). The van der Waals surface area contributed by atoms with Crippen molar-refractivity contribution in [3.05, 3.63) is 34.2 Å². The third-order valence-corrected chi connectivity index (χ3v) is 4.39. The number of rotatable bonds is 4. The Bertz CT molecular complexity index is 798. The molecule has 0 radical (unpaired) electrons. The number of furan rings is 1. The van der Waals surface area contributed by atoms with E-state index in [0.717, 1.165) is 12.4 Å². The van der Waals surface area contributed by atoms with E-state index < -0.39 is 21.8 Å². The third-order valence-electron chi connectivity index (χ3n) is 2.36. The maximum atomic E-state index is 12.2. The normalized spacial score (nSPS) is 11.4. The van der Waals surface area contributed by atoms with Crippen LogP contribution in [0.4, 0.5) is 5.69 Å². The molecule has 21 heavy (non-hydrogen) atoms. The molecule has 0 aliphatic rings. The second-order valence-corrected chi connectivity index (χ2v) is 6.14. The average molecular weight is 352 g/mol. The quantitative estimate of drug-likeness (QED) is 0.809. The lowest BCUT2D eigenvalue weighted by Crippen LogP contribution is -2.14. The summed E-state index contributed by atoms with van der Waals surface area (Å²) < 4.78 is 31.4. The maximum absolute atomic E-state index is 12.2. The SMILES string of the molecule is Cc1oc(C(=O)O)cc1S(=O)(=O)Nc1c(Cl)ncnc1Cl. The van der Waals surface area contributed by atoms with Crippen molar-refractivity contribution < 1.29 is 22.7 Å². The number of hydrogen-bond acceptors (Lipinski definition) is 6. The number of carbonyl (C=O) groups is 1. The highest BCUT2D eigenvalue weighted by molar-refractivity contribution is 7.92. The predicted octanol–water partition coefficient (Wildman–Crippen LogP) is 2.18. The molecule has 112 valence electrons. The van der Waals surface area contributed by atoms with Crippen molar-refractivity contribution in [1.29, 1.82) is 0 Å². The zero-order chi connectivity index (χ0) is 15.8. The summed E-state index contributed by atoms with van der Waals surface area (Å²) in [6, 6.07) is 0.881. The topological polar surface area (TPSA) is 122 Å². The van der Waals surface area contributed by atoms with E-state index in [4.69, 9.17) is 32.7 Å². The first-order chi connectivity index (χ1) is 9.72. The molecule has 0 bridgehead atoms. The molecule has 0 aliphatic carbocycles. The van der Waals surface area contributed by atoms with E-state index in [9.17, 15) is 13.2 Å². The van der Waals surface area contributed by atoms with E-state index >= 15 is 0 Å². The molecule has 8 nitrogen and oxygen atoms in total. The number of nitrogens with one attached hydrogen (secondary N) is 1. The van der Waals surface area contributed by atoms with Gasteiger partial charge in [-0.1, -0.05) is 23.2 Å². The van der Waals surface area contributed by atoms with Crippen molar-refractivity contribution in [2.24, 2.45) is 0 Å². The summed E-state index contributed by atoms with van der Waals surface area (Å²) in [5.41, 5.74) is -0.210. The molecule has 0 fully saturated rings. The molecule has 2 N–H and O–H groups in total. The summed E-state index contributed by atoms with van der Waals surface area (Å²) in [4.78, 5) is 17.6. The molecule has 0 unspecified atom stereocenters. The molecule has 2 aromatic rings. The summed E-state index contributed by atoms with van der Waals surface area (Å²) in [6.07, 6.45) is 1.06. The van der Waals surface area contributed by atoms with Crippen molar-refractivity contribution in [2.75, 3.05) is 4.72 Å². The fourth-order valence-electron chi connectivity index (χ4n) is 1.46. The van der Waals surface area contributed by atoms with Crippen molar-refractivity contribution in [1.82, 2.24) is 9.97 Å². The lowest BCUT2D eigenvalue weighted by atomic mass is 10.4. The van der Waals surface area contributed by atoms with E-state index in [0.29, 0.717) is 0 Å². The fraction of sp³-hybridized carbons (Fsp3) is 0.100. The van der Waals surface area contributed by atoms with Gasteiger partial charge >= 0.3 is 5.97 Å². The number of aromatic nitrogens is 2. The second kappa shape index (κ2) is 5.51. The first kappa shape index (κ1) is 15.5. The van der Waals surface area contributed by atoms with Crippen LogP contribution in [0.15, 0.2) is 21.7 Å². The van der Waals surface area contributed by atoms with Crippen molar-refractivity contribution in [3.63, 3.8) is 0 Å². The molecule has 2 rings (SSSR count). The van der Waals surface area contributed by atoms with Crippen LogP contribution in [0, 0.1) is 6.92 Å². The minimum atomic E-state index is -4.16. The number of hydrogen-bond donors (Lipinski definition) is 2. The molecular formula is C10H7Cl2N3O5S. The lowest BCUT2D eigenvalue weighted by molar-refractivity contribution is 0.0661. The second-order valence-electron chi connectivity index (χ2n) is 3.77. The van der Waals surface area contributed by atoms with E-state index in [2.05, 4.69) is 14.7 Å². The van der Waals surface area contributed by atoms with E-state index in [1.54, 1.807) is 0 Å². The Labute approximate surface area is 128 Å². The Morgan fingerprint density at radius 1 is 1.33 bits per heavy atom. The molecule has 0 aromatic carbocycles. The third kappa shape index (κ3) is 3.09. The number of nitrogens with zero attached hydrogens (tertiary/aromatic N) is 2. The number of aryl methyl sites for hydroxylation is 1. The summed E-state index contributed by atoms with van der Waals surface area (Å²) >= 11 is 11.5. The monoisotopic (exact) mass is 351 g/mol. The number of carboxylic acid groups (broad SMARTS) is 1. The summed E-state index contributed by atoms with van der Waals surface area (Å²) in [5.74, 6) is -1.99. The highest BCUT2D eigenvalue weighted by Crippen LogP contribution is 2.29. The van der Waals surface area contributed by atoms with Crippen LogP contribution >= 0.6 is 23.2 Å². The van der Waals surface area contributed by atoms with Crippen molar-refractivity contribution >= 4 is 44.9 Å². The van der Waals surface area contributed by atoms with E-state index in [1.165, 1.54) is 6.92 Å². The van der Waals surface area contributed by atoms with Gasteiger partial charge < -0.3 is 9.52 Å². The molecule has 2 heterocycles. The van der Waals surface area contributed by atoms with Gasteiger partial charge in [0, 0.05) is 6.07 Å². The average Bonchev–Trinajstić information content (AvgIpc) is 2.77. The number of sulfonamides is 1. The number of halogens is 2. The van der Waals surface area contributed by atoms with Crippen molar-refractivity contribution in [3.8, 4) is 0 Å². The predicted molar refractivity (Wildman–Crippen MR) is 73.3 cm³/mol. The summed E-state index contributed by atoms with van der Waals surface area (Å²) in [5, 5.41) is 8.40. The molecule has 0 spiro atoms. The molecule has 11 heteroatoms. The minimum Gasteiger partial charge on any atom is -0.475 e. The smallest absolute Gasteiger partial charge is 0.371 e. The Morgan fingerprint density at radius 3 is 2.38 bits per heavy atom. The summed E-state index contributed by atoms with van der Waals surface area (Å²) in [7, 11) is -4.16. The fourth-order valence-corrected chi connectivity index (χ4v) is 3.23. The molecular weight excluding hydrogens is 345 g/mol. The van der Waals surface area contributed by atoms with Crippen molar-refractivity contribution in [2.45, 2.75) is 11.8 Å². The first-order valence-electron chi connectivity index (χ1n) is 5.25. The summed E-state index contributed by atoms with van der Waals surface area (Å²) in [6.45, 7) is 1.31. The van der Waals surface area contributed by atoms with Gasteiger partial charge in [0.15, 0.2) is 10.3 Å². The van der Waals surface area contributed by atoms with Crippen LogP contribution < -0.4 is 4.72 Å². The lowest BCUT2D eigenvalue weighted by Gasteiger charge is -2.08. The van der Waals surface area contributed by atoms with Gasteiger partial charge in [0.2, 0.25) is 5.76 Å². The van der Waals surface area contributed by atoms with Crippen LogP contribution in [0.5, 0.6) is 0 Å². The van der Waals surface area contributed by atoms with Crippen LogP contribution in [-0.2, 0) is 10.0 Å². The number of aromatic carboxylic acids is 1. The number of anilines is 1. The van der Waals surface area contributed by atoms with Gasteiger partial charge in [-0.2, -0.15) is 0 Å². The maximum Gasteiger partial charge on any atom is 0.371 e. The Hall–Kier alpha value is -1.84. The van der Waals surface area contributed by atoms with Gasteiger partial charge in [-0.25, -0.2) is 23.2 Å². The van der Waals surface area contributed by atoms with Gasteiger partial charge in [0.1, 0.15) is 22.7 Å². The molecule has 0 atom stereocenters. The largest absolute Gasteiger partial charge is 0.475 e. The molecule has 0 saturated heterocycles.